The van der Waals surface area contributed by atoms with E-state index in [1.807, 2.05) is 38.1 Å². The van der Waals surface area contributed by atoms with Gasteiger partial charge in [0, 0.05) is 23.1 Å². The van der Waals surface area contributed by atoms with Gasteiger partial charge in [0.05, 0.1) is 0 Å². The molecule has 0 radical (unpaired) electrons. The summed E-state index contributed by atoms with van der Waals surface area (Å²) in [6, 6.07) is 7.94. The van der Waals surface area contributed by atoms with Gasteiger partial charge in [-0.3, -0.25) is 0 Å². The Hall–Kier alpha value is -0.680. The van der Waals surface area contributed by atoms with Crippen molar-refractivity contribution in [3.63, 3.8) is 0 Å². The fourth-order valence-corrected chi connectivity index (χ4v) is 2.71. The van der Waals surface area contributed by atoms with Crippen LogP contribution >= 0.6 is 11.8 Å². The van der Waals surface area contributed by atoms with Crippen molar-refractivity contribution in [2.24, 2.45) is 0 Å². The van der Waals surface area contributed by atoms with Gasteiger partial charge in [0.2, 0.25) is 0 Å². The van der Waals surface area contributed by atoms with Crippen molar-refractivity contribution in [2.75, 3.05) is 12.3 Å². The van der Waals surface area contributed by atoms with Crippen LogP contribution in [0.4, 0.5) is 13.2 Å². The number of hydrogen-bond donors (Lipinski definition) is 1. The van der Waals surface area contributed by atoms with Crippen LogP contribution in [0.15, 0.2) is 29.2 Å². The summed E-state index contributed by atoms with van der Waals surface area (Å²) >= 11 is 1.60. The Bertz CT molecular complexity index is 362. The minimum absolute atomic E-state index is 0.0991. The number of benzene rings is 1. The molecule has 1 N–H and O–H groups in total. The highest BCUT2D eigenvalue weighted by atomic mass is 32.2. The van der Waals surface area contributed by atoms with Crippen molar-refractivity contribution in [3.8, 4) is 0 Å². The van der Waals surface area contributed by atoms with Crippen LogP contribution in [-0.4, -0.2) is 24.5 Å². The number of nitrogens with one attached hydrogen (secondary N) is 1. The summed E-state index contributed by atoms with van der Waals surface area (Å²) in [5.74, 6) is 0.660. The van der Waals surface area contributed by atoms with Crippen LogP contribution in [0.25, 0.3) is 0 Å². The van der Waals surface area contributed by atoms with Crippen molar-refractivity contribution < 1.29 is 13.2 Å². The van der Waals surface area contributed by atoms with Gasteiger partial charge in [-0.1, -0.05) is 24.6 Å². The molecule has 0 aliphatic carbocycles. The first-order valence-electron chi connectivity index (χ1n) is 6.40. The Kier molecular flexibility index (Phi) is 6.72. The maximum atomic E-state index is 12.2. The lowest BCUT2D eigenvalue weighted by atomic mass is 10.2. The van der Waals surface area contributed by atoms with Gasteiger partial charge in [-0.15, -0.1) is 11.8 Å². The topological polar surface area (TPSA) is 12.0 Å². The first-order chi connectivity index (χ1) is 8.90. The summed E-state index contributed by atoms with van der Waals surface area (Å²) in [6.07, 6.45) is -4.66. The van der Waals surface area contributed by atoms with Crippen molar-refractivity contribution in [1.29, 1.82) is 0 Å². The van der Waals surface area contributed by atoms with Gasteiger partial charge < -0.3 is 5.32 Å². The molecule has 19 heavy (non-hydrogen) atoms. The molecule has 1 aromatic carbocycles. The maximum absolute atomic E-state index is 12.2. The average Bonchev–Trinajstić information content (AvgIpc) is 2.34. The van der Waals surface area contributed by atoms with Crippen LogP contribution in [-0.2, 0) is 0 Å². The number of hydrogen-bond acceptors (Lipinski definition) is 2. The molecule has 0 aliphatic rings. The lowest BCUT2D eigenvalue weighted by Gasteiger charge is -2.18. The van der Waals surface area contributed by atoms with Gasteiger partial charge in [-0.2, -0.15) is 13.2 Å². The van der Waals surface area contributed by atoms with Gasteiger partial charge in [-0.25, -0.2) is 0 Å². The molecule has 0 spiro atoms. The normalized spacial score (nSPS) is 13.5. The smallest absolute Gasteiger partial charge is 0.313 e. The first-order valence-corrected chi connectivity index (χ1v) is 7.39. The summed E-state index contributed by atoms with van der Waals surface area (Å²) in [7, 11) is 0. The van der Waals surface area contributed by atoms with Crippen LogP contribution < -0.4 is 5.32 Å². The third kappa shape index (κ3) is 7.47. The third-order valence-electron chi connectivity index (χ3n) is 2.74. The molecule has 5 heteroatoms. The molecule has 1 rings (SSSR count). The van der Waals surface area contributed by atoms with E-state index in [1.165, 1.54) is 5.56 Å². The molecule has 1 atom stereocenters. The van der Waals surface area contributed by atoms with Gasteiger partial charge >= 0.3 is 6.18 Å². The van der Waals surface area contributed by atoms with E-state index in [1.54, 1.807) is 11.8 Å². The van der Waals surface area contributed by atoms with E-state index in [0.29, 0.717) is 12.3 Å². The Balaban J connectivity index is 2.42. The van der Waals surface area contributed by atoms with Crippen molar-refractivity contribution in [3.05, 3.63) is 29.8 Å². The zero-order valence-electron chi connectivity index (χ0n) is 11.3. The molecule has 1 nitrogen and oxygen atoms in total. The molecule has 0 saturated heterocycles. The summed E-state index contributed by atoms with van der Waals surface area (Å²) in [5, 5.41) is 3.12. The van der Waals surface area contributed by atoms with E-state index in [2.05, 4.69) is 5.32 Å². The van der Waals surface area contributed by atoms with Gasteiger partial charge in [-0.05, 0) is 32.0 Å². The quantitative estimate of drug-likeness (QED) is 0.747. The molecule has 0 saturated carbocycles. The number of rotatable bonds is 7. The lowest BCUT2D eigenvalue weighted by Crippen LogP contribution is -2.32. The number of halogens is 3. The molecular weight excluding hydrogens is 271 g/mol. The first kappa shape index (κ1) is 16.4. The van der Waals surface area contributed by atoms with E-state index in [0.717, 1.165) is 4.90 Å². The van der Waals surface area contributed by atoms with Crippen LogP contribution in [0, 0.1) is 6.92 Å². The second-order valence-electron chi connectivity index (χ2n) is 4.53. The molecule has 0 bridgehead atoms. The highest BCUT2D eigenvalue weighted by molar-refractivity contribution is 7.99. The van der Waals surface area contributed by atoms with Crippen LogP contribution in [0.3, 0.4) is 0 Å². The minimum Gasteiger partial charge on any atom is -0.313 e. The second kappa shape index (κ2) is 7.80. The molecule has 1 aromatic rings. The van der Waals surface area contributed by atoms with E-state index < -0.39 is 12.6 Å². The second-order valence-corrected chi connectivity index (χ2v) is 5.63. The zero-order valence-corrected chi connectivity index (χ0v) is 12.1. The molecule has 0 aromatic heterocycles. The van der Waals surface area contributed by atoms with Gasteiger partial charge in [0.15, 0.2) is 0 Å². The highest BCUT2D eigenvalue weighted by Gasteiger charge is 2.28. The molecule has 108 valence electrons. The fourth-order valence-electron chi connectivity index (χ4n) is 1.70. The van der Waals surface area contributed by atoms with Crippen molar-refractivity contribution in [2.45, 2.75) is 43.8 Å². The molecule has 0 amide bonds. The maximum Gasteiger partial charge on any atom is 0.389 e. The standard InChI is InChI=1S/C14H20F3NS/c1-3-18-12(8-9-14(15,16)17)10-19-13-6-4-11(2)5-7-13/h4-7,12,18H,3,8-10H2,1-2H3. The van der Waals surface area contributed by atoms with E-state index >= 15 is 0 Å². The Labute approximate surface area is 117 Å². The zero-order chi connectivity index (χ0) is 14.3. The molecular formula is C14H20F3NS. The average molecular weight is 291 g/mol. The summed E-state index contributed by atoms with van der Waals surface area (Å²) in [6.45, 7) is 4.62. The fraction of sp³-hybridized carbons (Fsp3) is 0.571. The molecule has 0 aliphatic heterocycles. The lowest BCUT2D eigenvalue weighted by molar-refractivity contribution is -0.136. The van der Waals surface area contributed by atoms with E-state index in [9.17, 15) is 13.2 Å². The minimum atomic E-state index is -4.07. The monoisotopic (exact) mass is 291 g/mol. The number of thioether (sulfide) groups is 1. The summed E-state index contributed by atoms with van der Waals surface area (Å²) < 4.78 is 36.7. The summed E-state index contributed by atoms with van der Waals surface area (Å²) in [4.78, 5) is 1.10. The van der Waals surface area contributed by atoms with Gasteiger partial charge in [0.25, 0.3) is 0 Å². The summed E-state index contributed by atoms with van der Waals surface area (Å²) in [5.41, 5.74) is 1.18. The predicted molar refractivity (Wildman–Crippen MR) is 74.7 cm³/mol. The van der Waals surface area contributed by atoms with Crippen molar-refractivity contribution >= 4 is 11.8 Å². The SMILES string of the molecule is CCNC(CCC(F)(F)F)CSc1ccc(C)cc1. The molecule has 0 heterocycles. The van der Waals surface area contributed by atoms with Gasteiger partial charge in [0.1, 0.15) is 0 Å². The predicted octanol–water partition coefficient (Wildman–Crippen LogP) is 4.41. The van der Waals surface area contributed by atoms with Crippen molar-refractivity contribution in [1.82, 2.24) is 5.32 Å². The number of alkyl halides is 3. The molecule has 0 fully saturated rings. The Morgan fingerprint density at radius 3 is 2.37 bits per heavy atom. The Morgan fingerprint density at radius 2 is 1.84 bits per heavy atom. The Morgan fingerprint density at radius 1 is 1.21 bits per heavy atom. The number of aryl methyl sites for hydroxylation is 1. The van der Waals surface area contributed by atoms with Crippen LogP contribution in [0.2, 0.25) is 0 Å². The van der Waals surface area contributed by atoms with Crippen LogP contribution in [0.1, 0.15) is 25.3 Å². The third-order valence-corrected chi connectivity index (χ3v) is 3.92. The highest BCUT2D eigenvalue weighted by Crippen LogP contribution is 2.25. The van der Waals surface area contributed by atoms with E-state index in [-0.39, 0.29) is 12.5 Å². The molecule has 1 unspecified atom stereocenters. The van der Waals surface area contributed by atoms with E-state index in [4.69, 9.17) is 0 Å². The largest absolute Gasteiger partial charge is 0.389 e. The van der Waals surface area contributed by atoms with Crippen LogP contribution in [0.5, 0.6) is 0 Å².